The van der Waals surface area contributed by atoms with Crippen LogP contribution in [0.15, 0.2) is 42.5 Å². The number of phenols is 1. The van der Waals surface area contributed by atoms with Crippen LogP contribution in [0.5, 0.6) is 5.75 Å². The van der Waals surface area contributed by atoms with Gasteiger partial charge in [0.2, 0.25) is 0 Å². The van der Waals surface area contributed by atoms with Crippen molar-refractivity contribution in [1.82, 2.24) is 0 Å². The van der Waals surface area contributed by atoms with Crippen LogP contribution in [0.25, 0.3) is 16.8 Å². The molecule has 86 valence electrons. The minimum absolute atomic E-state index is 0.0533. The lowest BCUT2D eigenvalue weighted by molar-refractivity contribution is -0.114. The van der Waals surface area contributed by atoms with Crippen LogP contribution in [0.3, 0.4) is 0 Å². The molecule has 0 radical (unpaired) electrons. The first-order chi connectivity index (χ1) is 8.22. The SMILES string of the molecule is CCC(=O)/C=C/c1ccc2ccccc2c1O. The third-order valence-corrected chi connectivity index (χ3v) is 2.73. The number of hydrogen-bond donors (Lipinski definition) is 1. The van der Waals surface area contributed by atoms with E-state index in [9.17, 15) is 9.90 Å². The van der Waals surface area contributed by atoms with Crippen LogP contribution in [0.4, 0.5) is 0 Å². The fourth-order valence-corrected chi connectivity index (χ4v) is 1.71. The molecule has 2 nitrogen and oxygen atoms in total. The Hall–Kier alpha value is -2.09. The number of carbonyl (C=O) groups is 1. The zero-order valence-corrected chi connectivity index (χ0v) is 9.68. The van der Waals surface area contributed by atoms with Gasteiger partial charge in [-0.25, -0.2) is 0 Å². The molecule has 0 bridgehead atoms. The Morgan fingerprint density at radius 3 is 2.76 bits per heavy atom. The van der Waals surface area contributed by atoms with E-state index < -0.39 is 0 Å². The summed E-state index contributed by atoms with van der Waals surface area (Å²) in [6.45, 7) is 1.81. The number of allylic oxidation sites excluding steroid dienone is 1. The summed E-state index contributed by atoms with van der Waals surface area (Å²) >= 11 is 0. The van der Waals surface area contributed by atoms with E-state index in [4.69, 9.17) is 0 Å². The first-order valence-corrected chi connectivity index (χ1v) is 5.64. The normalized spacial score (nSPS) is 11.1. The van der Waals surface area contributed by atoms with Crippen LogP contribution < -0.4 is 0 Å². The van der Waals surface area contributed by atoms with Gasteiger partial charge in [0.05, 0.1) is 0 Å². The number of phenolic OH excluding ortho intramolecular Hbond substituents is 1. The van der Waals surface area contributed by atoms with Gasteiger partial charge < -0.3 is 5.11 Å². The molecule has 0 saturated carbocycles. The van der Waals surface area contributed by atoms with E-state index >= 15 is 0 Å². The summed E-state index contributed by atoms with van der Waals surface area (Å²) in [4.78, 5) is 11.2. The molecule has 0 aliphatic heterocycles. The molecule has 0 aliphatic carbocycles. The van der Waals surface area contributed by atoms with Crippen molar-refractivity contribution in [1.29, 1.82) is 0 Å². The first-order valence-electron chi connectivity index (χ1n) is 5.64. The van der Waals surface area contributed by atoms with Gasteiger partial charge in [0.1, 0.15) is 5.75 Å². The zero-order chi connectivity index (χ0) is 12.3. The Morgan fingerprint density at radius 1 is 1.24 bits per heavy atom. The van der Waals surface area contributed by atoms with Crippen molar-refractivity contribution < 1.29 is 9.90 Å². The number of benzene rings is 2. The molecule has 17 heavy (non-hydrogen) atoms. The van der Waals surface area contributed by atoms with Gasteiger partial charge in [-0.1, -0.05) is 43.3 Å². The van der Waals surface area contributed by atoms with Crippen LogP contribution in [-0.4, -0.2) is 10.9 Å². The Kier molecular flexibility index (Phi) is 3.24. The van der Waals surface area contributed by atoms with E-state index in [1.54, 1.807) is 6.08 Å². The van der Waals surface area contributed by atoms with E-state index in [2.05, 4.69) is 0 Å². The van der Waals surface area contributed by atoms with Crippen molar-refractivity contribution in [2.24, 2.45) is 0 Å². The second-order valence-corrected chi connectivity index (χ2v) is 3.88. The predicted octanol–water partition coefficient (Wildman–Crippen LogP) is 3.54. The summed E-state index contributed by atoms with van der Waals surface area (Å²) in [6.07, 6.45) is 3.64. The van der Waals surface area contributed by atoms with Crippen LogP contribution in [0.1, 0.15) is 18.9 Å². The topological polar surface area (TPSA) is 37.3 Å². The molecule has 0 spiro atoms. The molecule has 2 rings (SSSR count). The van der Waals surface area contributed by atoms with Gasteiger partial charge in [-0.3, -0.25) is 4.79 Å². The van der Waals surface area contributed by atoms with Gasteiger partial charge in [-0.15, -0.1) is 0 Å². The van der Waals surface area contributed by atoms with Gasteiger partial charge in [-0.05, 0) is 17.5 Å². The predicted molar refractivity (Wildman–Crippen MR) is 69.9 cm³/mol. The maximum Gasteiger partial charge on any atom is 0.155 e. The number of hydrogen-bond acceptors (Lipinski definition) is 2. The van der Waals surface area contributed by atoms with E-state index in [0.29, 0.717) is 12.0 Å². The lowest BCUT2D eigenvalue weighted by Gasteiger charge is -2.04. The third-order valence-electron chi connectivity index (χ3n) is 2.73. The first kappa shape index (κ1) is 11.4. The van der Waals surface area contributed by atoms with Gasteiger partial charge in [0, 0.05) is 17.4 Å². The Balaban J connectivity index is 2.46. The lowest BCUT2D eigenvalue weighted by Crippen LogP contribution is -1.87. The van der Waals surface area contributed by atoms with E-state index in [-0.39, 0.29) is 11.5 Å². The minimum Gasteiger partial charge on any atom is -0.507 e. The van der Waals surface area contributed by atoms with Crippen molar-refractivity contribution in [3.63, 3.8) is 0 Å². The quantitative estimate of drug-likeness (QED) is 0.813. The highest BCUT2D eigenvalue weighted by Crippen LogP contribution is 2.29. The highest BCUT2D eigenvalue weighted by molar-refractivity contribution is 5.96. The molecule has 0 atom stereocenters. The smallest absolute Gasteiger partial charge is 0.155 e. The van der Waals surface area contributed by atoms with Gasteiger partial charge >= 0.3 is 0 Å². The molecule has 0 saturated heterocycles. The fourth-order valence-electron chi connectivity index (χ4n) is 1.71. The van der Waals surface area contributed by atoms with Crippen molar-refractivity contribution in [2.45, 2.75) is 13.3 Å². The van der Waals surface area contributed by atoms with Gasteiger partial charge in [0.25, 0.3) is 0 Å². The molecular weight excluding hydrogens is 212 g/mol. The van der Waals surface area contributed by atoms with E-state index in [1.165, 1.54) is 6.08 Å². The van der Waals surface area contributed by atoms with Crippen molar-refractivity contribution in [3.05, 3.63) is 48.0 Å². The average Bonchev–Trinajstić information content (AvgIpc) is 2.38. The maximum atomic E-state index is 11.2. The number of carbonyl (C=O) groups excluding carboxylic acids is 1. The van der Waals surface area contributed by atoms with Crippen LogP contribution in [-0.2, 0) is 4.79 Å². The summed E-state index contributed by atoms with van der Waals surface area (Å²) in [6, 6.07) is 11.4. The summed E-state index contributed by atoms with van der Waals surface area (Å²) in [5, 5.41) is 11.9. The Morgan fingerprint density at radius 2 is 2.00 bits per heavy atom. The standard InChI is InChI=1S/C15H14O2/c1-2-13(16)10-9-12-8-7-11-5-3-4-6-14(11)15(12)17/h3-10,17H,2H2,1H3/b10-9+. The van der Waals surface area contributed by atoms with Crippen molar-refractivity contribution in [2.75, 3.05) is 0 Å². The second-order valence-electron chi connectivity index (χ2n) is 3.88. The largest absolute Gasteiger partial charge is 0.507 e. The summed E-state index contributed by atoms with van der Waals surface area (Å²) in [5.74, 6) is 0.279. The molecule has 0 amide bonds. The molecule has 0 unspecified atom stereocenters. The molecule has 1 N–H and O–H groups in total. The molecule has 0 aliphatic rings. The highest BCUT2D eigenvalue weighted by Gasteiger charge is 2.03. The highest BCUT2D eigenvalue weighted by atomic mass is 16.3. The molecule has 2 heteroatoms. The number of ketones is 1. The molecule has 0 heterocycles. The summed E-state index contributed by atoms with van der Waals surface area (Å²) < 4.78 is 0. The monoisotopic (exact) mass is 226 g/mol. The fraction of sp³-hybridized carbons (Fsp3) is 0.133. The molecule has 0 fully saturated rings. The molecule has 2 aromatic carbocycles. The van der Waals surface area contributed by atoms with E-state index in [0.717, 1.165) is 10.8 Å². The number of rotatable bonds is 3. The Labute approximate surface area is 100 Å². The third kappa shape index (κ3) is 2.36. The minimum atomic E-state index is 0.0533. The summed E-state index contributed by atoms with van der Waals surface area (Å²) in [7, 11) is 0. The average molecular weight is 226 g/mol. The number of aromatic hydroxyl groups is 1. The van der Waals surface area contributed by atoms with Crippen LogP contribution >= 0.6 is 0 Å². The summed E-state index contributed by atoms with van der Waals surface area (Å²) in [5.41, 5.74) is 0.672. The van der Waals surface area contributed by atoms with Gasteiger partial charge in [-0.2, -0.15) is 0 Å². The van der Waals surface area contributed by atoms with Crippen molar-refractivity contribution in [3.8, 4) is 5.75 Å². The molecule has 0 aromatic heterocycles. The number of fused-ring (bicyclic) bond motifs is 1. The van der Waals surface area contributed by atoms with Crippen LogP contribution in [0, 0.1) is 0 Å². The second kappa shape index (κ2) is 4.83. The van der Waals surface area contributed by atoms with Crippen molar-refractivity contribution >= 4 is 22.6 Å². The molecule has 2 aromatic rings. The van der Waals surface area contributed by atoms with Crippen LogP contribution in [0.2, 0.25) is 0 Å². The van der Waals surface area contributed by atoms with Gasteiger partial charge in [0.15, 0.2) is 5.78 Å². The Bertz CT molecular complexity index is 582. The molecular formula is C15H14O2. The van der Waals surface area contributed by atoms with E-state index in [1.807, 2.05) is 43.3 Å². The maximum absolute atomic E-state index is 11.2. The zero-order valence-electron chi connectivity index (χ0n) is 9.68. The lowest BCUT2D eigenvalue weighted by atomic mass is 10.0.